The summed E-state index contributed by atoms with van der Waals surface area (Å²) in [5, 5.41) is 1.08. The quantitative estimate of drug-likeness (QED) is 0.680. The molecule has 0 unspecified atom stereocenters. The van der Waals surface area contributed by atoms with Gasteiger partial charge in [-0.05, 0) is 18.1 Å². The number of nitrogens with zero attached hydrogens (tertiary/aromatic N) is 2. The summed E-state index contributed by atoms with van der Waals surface area (Å²) in [5.41, 5.74) is 2.61. The molecule has 0 saturated heterocycles. The molecule has 3 aromatic rings. The zero-order valence-electron chi connectivity index (χ0n) is 12.1. The third-order valence-corrected chi connectivity index (χ3v) is 4.29. The Morgan fingerprint density at radius 2 is 1.38 bits per heavy atom. The Bertz CT molecular complexity index is 635. The van der Waals surface area contributed by atoms with Gasteiger partial charge in [0, 0.05) is 24.2 Å². The molecule has 0 atom stereocenters. The van der Waals surface area contributed by atoms with Gasteiger partial charge >= 0.3 is 0 Å². The summed E-state index contributed by atoms with van der Waals surface area (Å²) in [6, 6.07) is 21.1. The Kier molecular flexibility index (Phi) is 4.31. The Balaban J connectivity index is 1.84. The molecule has 0 aliphatic rings. The Morgan fingerprint density at radius 3 is 1.81 bits per heavy atom. The molecule has 0 fully saturated rings. The number of benzene rings is 2. The standard InChI is InChI=1S/C18H18N2S/c1-15-12-19-18(21-15)20(13-16-8-4-2-5-9-16)14-17-10-6-3-7-11-17/h2-12H,13-14H2,1H3. The topological polar surface area (TPSA) is 16.1 Å². The van der Waals surface area contributed by atoms with Gasteiger partial charge in [0.05, 0.1) is 0 Å². The van der Waals surface area contributed by atoms with Crippen LogP contribution in [0.3, 0.4) is 0 Å². The molecule has 0 aliphatic carbocycles. The summed E-state index contributed by atoms with van der Waals surface area (Å²) in [6.45, 7) is 3.86. The zero-order chi connectivity index (χ0) is 14.5. The van der Waals surface area contributed by atoms with Crippen LogP contribution in [0.1, 0.15) is 16.0 Å². The van der Waals surface area contributed by atoms with Crippen molar-refractivity contribution in [3.05, 3.63) is 82.9 Å². The van der Waals surface area contributed by atoms with Gasteiger partial charge in [0.2, 0.25) is 0 Å². The highest BCUT2D eigenvalue weighted by atomic mass is 32.1. The first-order chi connectivity index (χ1) is 10.3. The summed E-state index contributed by atoms with van der Waals surface area (Å²) in [6.07, 6.45) is 1.95. The highest BCUT2D eigenvalue weighted by Crippen LogP contribution is 2.25. The molecule has 0 saturated carbocycles. The van der Waals surface area contributed by atoms with E-state index in [-0.39, 0.29) is 0 Å². The number of aryl methyl sites for hydroxylation is 1. The van der Waals surface area contributed by atoms with Gasteiger partial charge in [0.15, 0.2) is 5.13 Å². The number of hydrogen-bond acceptors (Lipinski definition) is 3. The van der Waals surface area contributed by atoms with Crippen molar-refractivity contribution in [2.45, 2.75) is 20.0 Å². The van der Waals surface area contributed by atoms with Crippen LogP contribution in [0.15, 0.2) is 66.9 Å². The van der Waals surface area contributed by atoms with Crippen LogP contribution in [0.5, 0.6) is 0 Å². The maximum atomic E-state index is 4.55. The van der Waals surface area contributed by atoms with Gasteiger partial charge in [-0.1, -0.05) is 60.7 Å². The number of thiazole rings is 1. The van der Waals surface area contributed by atoms with Gasteiger partial charge in [-0.2, -0.15) is 0 Å². The Labute approximate surface area is 129 Å². The second kappa shape index (κ2) is 6.55. The molecular weight excluding hydrogens is 276 g/mol. The molecule has 0 N–H and O–H groups in total. The largest absolute Gasteiger partial charge is 0.339 e. The lowest BCUT2D eigenvalue weighted by molar-refractivity contribution is 0.795. The van der Waals surface area contributed by atoms with Crippen molar-refractivity contribution in [3.63, 3.8) is 0 Å². The van der Waals surface area contributed by atoms with E-state index in [1.54, 1.807) is 11.3 Å². The van der Waals surface area contributed by atoms with Gasteiger partial charge in [-0.15, -0.1) is 11.3 Å². The molecule has 0 amide bonds. The van der Waals surface area contributed by atoms with Crippen LogP contribution in [0.25, 0.3) is 0 Å². The molecule has 3 heteroatoms. The van der Waals surface area contributed by atoms with E-state index < -0.39 is 0 Å². The molecule has 0 radical (unpaired) electrons. The second-order valence-corrected chi connectivity index (χ2v) is 6.29. The smallest absolute Gasteiger partial charge is 0.186 e. The van der Waals surface area contributed by atoms with Crippen molar-refractivity contribution in [3.8, 4) is 0 Å². The maximum absolute atomic E-state index is 4.55. The fraction of sp³-hybridized carbons (Fsp3) is 0.167. The molecule has 21 heavy (non-hydrogen) atoms. The lowest BCUT2D eigenvalue weighted by atomic mass is 10.2. The van der Waals surface area contributed by atoms with E-state index in [0.717, 1.165) is 18.2 Å². The molecule has 1 heterocycles. The fourth-order valence-electron chi connectivity index (χ4n) is 2.29. The number of hydrogen-bond donors (Lipinski definition) is 0. The van der Waals surface area contributed by atoms with Crippen LogP contribution in [0.4, 0.5) is 5.13 Å². The van der Waals surface area contributed by atoms with E-state index in [1.165, 1.54) is 16.0 Å². The Morgan fingerprint density at radius 1 is 0.857 bits per heavy atom. The van der Waals surface area contributed by atoms with E-state index in [2.05, 4.69) is 77.5 Å². The van der Waals surface area contributed by atoms with Crippen LogP contribution < -0.4 is 4.90 Å². The monoisotopic (exact) mass is 294 g/mol. The van der Waals surface area contributed by atoms with Crippen LogP contribution in [-0.4, -0.2) is 4.98 Å². The third kappa shape index (κ3) is 3.70. The maximum Gasteiger partial charge on any atom is 0.186 e. The SMILES string of the molecule is Cc1cnc(N(Cc2ccccc2)Cc2ccccc2)s1. The molecule has 2 nitrogen and oxygen atoms in total. The van der Waals surface area contributed by atoms with Gasteiger partial charge in [0.25, 0.3) is 0 Å². The molecule has 3 rings (SSSR count). The zero-order valence-corrected chi connectivity index (χ0v) is 12.9. The summed E-state index contributed by atoms with van der Waals surface area (Å²) >= 11 is 1.75. The highest BCUT2D eigenvalue weighted by Gasteiger charge is 2.11. The minimum absolute atomic E-state index is 0.878. The predicted molar refractivity (Wildman–Crippen MR) is 89.6 cm³/mol. The van der Waals surface area contributed by atoms with Crippen molar-refractivity contribution in [2.24, 2.45) is 0 Å². The minimum Gasteiger partial charge on any atom is -0.339 e. The molecule has 106 valence electrons. The number of rotatable bonds is 5. The van der Waals surface area contributed by atoms with Gasteiger partial charge in [0.1, 0.15) is 0 Å². The third-order valence-electron chi connectivity index (χ3n) is 3.31. The Hall–Kier alpha value is -2.13. The summed E-state index contributed by atoms with van der Waals surface area (Å²) < 4.78 is 0. The summed E-state index contributed by atoms with van der Waals surface area (Å²) in [4.78, 5) is 8.13. The van der Waals surface area contributed by atoms with Crippen molar-refractivity contribution >= 4 is 16.5 Å². The molecule has 2 aromatic carbocycles. The lowest BCUT2D eigenvalue weighted by Gasteiger charge is -2.22. The average Bonchev–Trinajstić information content (AvgIpc) is 2.95. The predicted octanol–water partition coefficient (Wildman–Crippen LogP) is 4.66. The van der Waals surface area contributed by atoms with E-state index in [9.17, 15) is 0 Å². The molecular formula is C18H18N2S. The molecule has 1 aromatic heterocycles. The molecule has 0 bridgehead atoms. The van der Waals surface area contributed by atoms with Crippen molar-refractivity contribution < 1.29 is 0 Å². The summed E-state index contributed by atoms with van der Waals surface area (Å²) in [5.74, 6) is 0. The van der Waals surface area contributed by atoms with Crippen LogP contribution in [-0.2, 0) is 13.1 Å². The van der Waals surface area contributed by atoms with Gasteiger partial charge < -0.3 is 4.90 Å². The van der Waals surface area contributed by atoms with E-state index in [1.807, 2.05) is 6.20 Å². The van der Waals surface area contributed by atoms with E-state index in [0.29, 0.717) is 0 Å². The van der Waals surface area contributed by atoms with Crippen LogP contribution in [0.2, 0.25) is 0 Å². The normalized spacial score (nSPS) is 10.5. The number of anilines is 1. The van der Waals surface area contributed by atoms with Crippen LogP contribution >= 0.6 is 11.3 Å². The van der Waals surface area contributed by atoms with Gasteiger partial charge in [-0.25, -0.2) is 4.98 Å². The second-order valence-electron chi connectivity index (χ2n) is 5.08. The van der Waals surface area contributed by atoms with E-state index >= 15 is 0 Å². The average molecular weight is 294 g/mol. The van der Waals surface area contributed by atoms with Crippen molar-refractivity contribution in [2.75, 3.05) is 4.90 Å². The minimum atomic E-state index is 0.878. The molecule has 0 spiro atoms. The first-order valence-corrected chi connectivity index (χ1v) is 7.88. The number of aromatic nitrogens is 1. The van der Waals surface area contributed by atoms with Crippen LogP contribution in [0, 0.1) is 6.92 Å². The summed E-state index contributed by atoms with van der Waals surface area (Å²) in [7, 11) is 0. The van der Waals surface area contributed by atoms with E-state index in [4.69, 9.17) is 0 Å². The molecule has 0 aliphatic heterocycles. The first-order valence-electron chi connectivity index (χ1n) is 7.06. The highest BCUT2D eigenvalue weighted by molar-refractivity contribution is 7.15. The van der Waals surface area contributed by atoms with Gasteiger partial charge in [-0.3, -0.25) is 0 Å². The fourth-order valence-corrected chi connectivity index (χ4v) is 3.04. The van der Waals surface area contributed by atoms with Crippen molar-refractivity contribution in [1.82, 2.24) is 4.98 Å². The lowest BCUT2D eigenvalue weighted by Crippen LogP contribution is -2.21. The van der Waals surface area contributed by atoms with Crippen molar-refractivity contribution in [1.29, 1.82) is 0 Å². The first kappa shape index (κ1) is 13.8.